The van der Waals surface area contributed by atoms with Crippen LogP contribution in [0.15, 0.2) is 47.7 Å². The number of urea groups is 1. The van der Waals surface area contributed by atoms with Gasteiger partial charge in [0.05, 0.1) is 25.5 Å². The van der Waals surface area contributed by atoms with Crippen molar-refractivity contribution in [3.8, 4) is 17.0 Å². The number of nitrogens with two attached hydrogens (primary N) is 2. The molecule has 0 aliphatic heterocycles. The maximum Gasteiger partial charge on any atom is 0.320 e. The molecule has 0 fully saturated rings. The van der Waals surface area contributed by atoms with Crippen LogP contribution in [0.25, 0.3) is 16.9 Å². The highest BCUT2D eigenvalue weighted by molar-refractivity contribution is 5.92. The highest BCUT2D eigenvalue weighted by Crippen LogP contribution is 2.22. The number of amidine groups is 1. The molecule has 3 rings (SSSR count). The number of hydrogen-bond donors (Lipinski definition) is 5. The van der Waals surface area contributed by atoms with Crippen LogP contribution < -0.4 is 32.5 Å². The molecular formula is C16H19N9O2. The number of hydrazine groups is 1. The van der Waals surface area contributed by atoms with Crippen molar-refractivity contribution in [2.24, 2.45) is 16.7 Å². The van der Waals surface area contributed by atoms with Crippen molar-refractivity contribution < 1.29 is 9.53 Å². The van der Waals surface area contributed by atoms with Crippen molar-refractivity contribution in [3.63, 3.8) is 0 Å². The van der Waals surface area contributed by atoms with Crippen molar-refractivity contribution >= 4 is 23.3 Å². The fraction of sp³-hybridized carbons (Fsp3) is 0.125. The normalized spacial score (nSPS) is 11.3. The van der Waals surface area contributed by atoms with Crippen molar-refractivity contribution in [3.05, 3.63) is 42.6 Å². The van der Waals surface area contributed by atoms with E-state index in [0.29, 0.717) is 11.5 Å². The largest absolute Gasteiger partial charge is 0.497 e. The minimum Gasteiger partial charge on any atom is -0.497 e. The standard InChI is InChI=1S/C16H19N9O2/c1-27-11-4-2-3-10(7-11)12-5-6-15-20-14(9-25(15)23-12)21-16(26)19-8-13(17)22-24-18/h2-7,9,24H,8,18H2,1H3,(H2,17,22)(H2,19,21,26). The number of aromatic nitrogens is 3. The Morgan fingerprint density at radius 1 is 1.33 bits per heavy atom. The third-order valence-corrected chi connectivity index (χ3v) is 3.57. The number of carbonyl (C=O) groups is 1. The fourth-order valence-corrected chi connectivity index (χ4v) is 2.33. The number of hydrazone groups is 1. The van der Waals surface area contributed by atoms with Gasteiger partial charge in [-0.05, 0) is 24.3 Å². The average molecular weight is 369 g/mol. The first-order valence-electron chi connectivity index (χ1n) is 7.92. The maximum absolute atomic E-state index is 11.9. The Morgan fingerprint density at radius 2 is 2.19 bits per heavy atom. The number of anilines is 1. The Balaban J connectivity index is 1.74. The van der Waals surface area contributed by atoms with E-state index < -0.39 is 6.03 Å². The van der Waals surface area contributed by atoms with Crippen LogP contribution in [-0.2, 0) is 0 Å². The zero-order chi connectivity index (χ0) is 19.2. The Morgan fingerprint density at radius 3 is 2.96 bits per heavy atom. The molecular weight excluding hydrogens is 350 g/mol. The summed E-state index contributed by atoms with van der Waals surface area (Å²) in [6.07, 6.45) is 1.61. The molecule has 0 spiro atoms. The Hall–Kier alpha value is -3.86. The smallest absolute Gasteiger partial charge is 0.320 e. The van der Waals surface area contributed by atoms with Crippen LogP contribution in [0.2, 0.25) is 0 Å². The van der Waals surface area contributed by atoms with Gasteiger partial charge in [-0.1, -0.05) is 12.1 Å². The van der Waals surface area contributed by atoms with Gasteiger partial charge in [-0.3, -0.25) is 5.32 Å². The summed E-state index contributed by atoms with van der Waals surface area (Å²) in [5, 5.41) is 13.2. The lowest BCUT2D eigenvalue weighted by Gasteiger charge is -2.04. The van der Waals surface area contributed by atoms with Crippen LogP contribution in [0.5, 0.6) is 5.75 Å². The Bertz CT molecular complexity index is 983. The molecule has 0 aliphatic rings. The summed E-state index contributed by atoms with van der Waals surface area (Å²) in [6.45, 7) is 0.0294. The van der Waals surface area contributed by atoms with E-state index >= 15 is 0 Å². The minimum atomic E-state index is -0.485. The lowest BCUT2D eigenvalue weighted by molar-refractivity contribution is 0.253. The van der Waals surface area contributed by atoms with Gasteiger partial charge in [-0.25, -0.2) is 25.7 Å². The molecule has 11 nitrogen and oxygen atoms in total. The summed E-state index contributed by atoms with van der Waals surface area (Å²) in [5.41, 5.74) is 9.79. The molecule has 1 aromatic carbocycles. The molecule has 0 radical (unpaired) electrons. The zero-order valence-corrected chi connectivity index (χ0v) is 14.5. The van der Waals surface area contributed by atoms with Gasteiger partial charge in [-0.2, -0.15) is 10.2 Å². The van der Waals surface area contributed by atoms with E-state index in [1.54, 1.807) is 17.8 Å². The van der Waals surface area contributed by atoms with Gasteiger partial charge in [0.25, 0.3) is 0 Å². The highest BCUT2D eigenvalue weighted by atomic mass is 16.5. The average Bonchev–Trinajstić information content (AvgIpc) is 3.08. The van der Waals surface area contributed by atoms with Gasteiger partial charge in [-0.15, -0.1) is 0 Å². The summed E-state index contributed by atoms with van der Waals surface area (Å²) >= 11 is 0. The van der Waals surface area contributed by atoms with E-state index in [2.05, 4.69) is 25.8 Å². The molecule has 140 valence electrons. The van der Waals surface area contributed by atoms with E-state index in [1.807, 2.05) is 41.9 Å². The highest BCUT2D eigenvalue weighted by Gasteiger charge is 2.09. The van der Waals surface area contributed by atoms with Gasteiger partial charge in [0.15, 0.2) is 11.5 Å². The van der Waals surface area contributed by atoms with Crippen LogP contribution in [0.1, 0.15) is 0 Å². The predicted molar refractivity (Wildman–Crippen MR) is 101 cm³/mol. The fourth-order valence-electron chi connectivity index (χ4n) is 2.33. The predicted octanol–water partition coefficient (Wildman–Crippen LogP) is 0.262. The number of rotatable bonds is 6. The van der Waals surface area contributed by atoms with Gasteiger partial charge in [0.2, 0.25) is 0 Å². The number of fused-ring (bicyclic) bond motifs is 1. The molecule has 0 unspecified atom stereocenters. The van der Waals surface area contributed by atoms with E-state index in [1.165, 1.54) is 0 Å². The number of methoxy groups -OCH3 is 1. The van der Waals surface area contributed by atoms with Crippen LogP contribution in [0.4, 0.5) is 10.6 Å². The van der Waals surface area contributed by atoms with E-state index in [9.17, 15) is 4.79 Å². The number of ether oxygens (including phenoxy) is 1. The molecule has 2 amide bonds. The van der Waals surface area contributed by atoms with E-state index in [0.717, 1.165) is 17.0 Å². The van der Waals surface area contributed by atoms with Gasteiger partial charge < -0.3 is 15.8 Å². The quantitative estimate of drug-likeness (QED) is 0.180. The number of amides is 2. The monoisotopic (exact) mass is 369 g/mol. The number of nitrogens with zero attached hydrogens (tertiary/aromatic N) is 4. The Labute approximate surface area is 154 Å². The molecule has 2 aromatic heterocycles. The summed E-state index contributed by atoms with van der Waals surface area (Å²) < 4.78 is 6.82. The molecule has 11 heteroatoms. The third-order valence-electron chi connectivity index (χ3n) is 3.57. The first kappa shape index (κ1) is 17.9. The topological polar surface area (TPSA) is 157 Å². The third kappa shape index (κ3) is 4.41. The number of hydrogen-bond acceptors (Lipinski definition) is 7. The lowest BCUT2D eigenvalue weighted by Crippen LogP contribution is -2.37. The molecule has 0 atom stereocenters. The van der Waals surface area contributed by atoms with Crippen molar-refractivity contribution in [1.82, 2.24) is 25.4 Å². The van der Waals surface area contributed by atoms with Crippen molar-refractivity contribution in [2.75, 3.05) is 19.0 Å². The van der Waals surface area contributed by atoms with Crippen LogP contribution >= 0.6 is 0 Å². The molecule has 0 saturated heterocycles. The molecule has 2 heterocycles. The minimum absolute atomic E-state index is 0.0294. The second-order valence-corrected chi connectivity index (χ2v) is 5.42. The molecule has 0 aliphatic carbocycles. The van der Waals surface area contributed by atoms with E-state index in [4.69, 9.17) is 16.3 Å². The van der Waals surface area contributed by atoms with E-state index in [-0.39, 0.29) is 12.4 Å². The lowest BCUT2D eigenvalue weighted by atomic mass is 10.1. The molecule has 3 aromatic rings. The maximum atomic E-state index is 11.9. The second kappa shape index (κ2) is 8.01. The van der Waals surface area contributed by atoms with Gasteiger partial charge in [0, 0.05) is 5.56 Å². The first-order chi connectivity index (χ1) is 13.1. The van der Waals surface area contributed by atoms with Crippen LogP contribution in [-0.4, -0.2) is 40.1 Å². The van der Waals surface area contributed by atoms with Crippen molar-refractivity contribution in [2.45, 2.75) is 0 Å². The molecule has 7 N–H and O–H groups in total. The number of imidazole rings is 1. The molecule has 0 bridgehead atoms. The number of benzene rings is 1. The number of nitrogens with one attached hydrogen (secondary N) is 3. The molecule has 27 heavy (non-hydrogen) atoms. The summed E-state index contributed by atoms with van der Waals surface area (Å²) in [5.74, 6) is 6.22. The molecule has 0 saturated carbocycles. The SMILES string of the molecule is COc1cccc(-c2ccc3nc(NC(=O)NC/C(N)=N/NN)cn3n2)c1. The zero-order valence-electron chi connectivity index (χ0n) is 14.5. The van der Waals surface area contributed by atoms with Gasteiger partial charge in [0.1, 0.15) is 11.6 Å². The first-order valence-corrected chi connectivity index (χ1v) is 7.92. The summed E-state index contributed by atoms with van der Waals surface area (Å²) in [6, 6.07) is 10.7. The van der Waals surface area contributed by atoms with Crippen LogP contribution in [0, 0.1) is 0 Å². The van der Waals surface area contributed by atoms with Crippen molar-refractivity contribution in [1.29, 1.82) is 0 Å². The Kier molecular flexibility index (Phi) is 5.33. The summed E-state index contributed by atoms with van der Waals surface area (Å²) in [4.78, 5) is 16.2. The number of carbonyl (C=O) groups excluding carboxylic acids is 1. The second-order valence-electron chi connectivity index (χ2n) is 5.42. The van der Waals surface area contributed by atoms with Gasteiger partial charge >= 0.3 is 6.03 Å². The summed E-state index contributed by atoms with van der Waals surface area (Å²) in [7, 11) is 1.61. The van der Waals surface area contributed by atoms with Crippen LogP contribution in [0.3, 0.4) is 0 Å².